The van der Waals surface area contributed by atoms with Crippen LogP contribution in [0.2, 0.25) is 0 Å². The molecular weight excluding hydrogens is 459 g/mol. The van der Waals surface area contributed by atoms with Gasteiger partial charge >= 0.3 is 0 Å². The lowest BCUT2D eigenvalue weighted by Crippen LogP contribution is -2.36. The molecule has 0 aromatic heterocycles. The molecule has 0 aliphatic rings. The number of carbonyl (C=O) groups is 2. The molecule has 0 atom stereocenters. The van der Waals surface area contributed by atoms with E-state index in [9.17, 15) is 14.0 Å². The number of hydrogen-bond donors (Lipinski definition) is 2. The van der Waals surface area contributed by atoms with Crippen molar-refractivity contribution in [1.29, 1.82) is 0 Å². The first kappa shape index (κ1) is 30.5. The smallest absolute Gasteiger partial charge is 0.260 e. The van der Waals surface area contributed by atoms with Crippen LogP contribution in [0.15, 0.2) is 72.6 Å². The number of halogens is 1. The molecule has 1 rings (SSSR count). The Kier molecular flexibility index (Phi) is 13.8. The number of ether oxygens (including phenoxy) is 1. The molecule has 0 aliphatic carbocycles. The highest BCUT2D eigenvalue weighted by Gasteiger charge is 2.13. The fourth-order valence-corrected chi connectivity index (χ4v) is 3.02. The van der Waals surface area contributed by atoms with Crippen molar-refractivity contribution in [2.45, 2.75) is 13.3 Å². The predicted octanol–water partition coefficient (Wildman–Crippen LogP) is 3.54. The van der Waals surface area contributed by atoms with Crippen molar-refractivity contribution in [3.05, 3.63) is 84.0 Å². The second kappa shape index (κ2) is 16.2. The van der Waals surface area contributed by atoms with Crippen molar-refractivity contribution >= 4 is 17.8 Å². The van der Waals surface area contributed by atoms with Crippen molar-refractivity contribution < 1.29 is 18.7 Å². The average molecular weight is 499 g/mol. The molecule has 2 N–H and O–H groups in total. The van der Waals surface area contributed by atoms with Crippen LogP contribution in [0.5, 0.6) is 5.75 Å². The summed E-state index contributed by atoms with van der Waals surface area (Å²) in [6.45, 7) is 11.7. The van der Waals surface area contributed by atoms with Crippen LogP contribution in [0.4, 0.5) is 4.39 Å². The molecule has 196 valence electrons. The lowest BCUT2D eigenvalue weighted by molar-refractivity contribution is -0.132. The highest BCUT2D eigenvalue weighted by Crippen LogP contribution is 2.25. The molecule has 0 fully saturated rings. The molecule has 0 spiro atoms. The normalized spacial score (nSPS) is 12.1. The molecule has 7 nitrogen and oxygen atoms in total. The van der Waals surface area contributed by atoms with Gasteiger partial charge in [-0.2, -0.15) is 0 Å². The number of benzene rings is 1. The zero-order valence-electron chi connectivity index (χ0n) is 22.1. The Morgan fingerprint density at radius 3 is 2.50 bits per heavy atom. The third-order valence-electron chi connectivity index (χ3n) is 5.21. The standard InChI is InChI=1S/C28H39FN4O3/c1-8-9-24(22(3)31-25(13-17-34)12-14-30-4)18-21(2)23-10-11-27(26(29)19-23)36-20-28(35)33(7)16-15-32(5)6/h8-11,13,17-19,30-31H,2-3,12,14-16,20H2,1,4-7H3/b9-8-,24-18+,25-13+. The van der Waals surface area contributed by atoms with Gasteiger partial charge in [-0.25, -0.2) is 4.39 Å². The van der Waals surface area contributed by atoms with Crippen LogP contribution in [0.25, 0.3) is 5.57 Å². The van der Waals surface area contributed by atoms with E-state index < -0.39 is 5.82 Å². The van der Waals surface area contributed by atoms with Crippen LogP contribution < -0.4 is 15.4 Å². The summed E-state index contributed by atoms with van der Waals surface area (Å²) in [5.41, 5.74) is 3.15. The van der Waals surface area contributed by atoms with E-state index in [1.54, 1.807) is 24.1 Å². The molecular formula is C28H39FN4O3. The van der Waals surface area contributed by atoms with E-state index in [1.165, 1.54) is 18.2 Å². The van der Waals surface area contributed by atoms with Crippen molar-refractivity contribution in [3.63, 3.8) is 0 Å². The SMILES string of the molecule is C=C(N/C(=C/C=O)CCNC)C(/C=C\C)=C/C(=C)c1ccc(OCC(=O)N(C)CCN(C)C)c(F)c1. The van der Waals surface area contributed by atoms with Crippen LogP contribution in [0.3, 0.4) is 0 Å². The second-order valence-electron chi connectivity index (χ2n) is 8.46. The summed E-state index contributed by atoms with van der Waals surface area (Å²) in [4.78, 5) is 26.7. The summed E-state index contributed by atoms with van der Waals surface area (Å²) in [7, 11) is 7.38. The van der Waals surface area contributed by atoms with Gasteiger partial charge in [-0.15, -0.1) is 0 Å². The van der Waals surface area contributed by atoms with Crippen molar-refractivity contribution in [2.24, 2.45) is 0 Å². The summed E-state index contributed by atoms with van der Waals surface area (Å²) in [6, 6.07) is 4.50. The monoisotopic (exact) mass is 498 g/mol. The quantitative estimate of drug-likeness (QED) is 0.206. The number of carbonyl (C=O) groups excluding carboxylic acids is 2. The van der Waals surface area contributed by atoms with Gasteiger partial charge in [0, 0.05) is 44.5 Å². The topological polar surface area (TPSA) is 73.9 Å². The maximum absolute atomic E-state index is 14.7. The molecule has 1 aromatic carbocycles. The minimum Gasteiger partial charge on any atom is -0.481 e. The van der Waals surface area contributed by atoms with Gasteiger partial charge in [-0.1, -0.05) is 31.4 Å². The Morgan fingerprint density at radius 1 is 1.19 bits per heavy atom. The molecule has 36 heavy (non-hydrogen) atoms. The van der Waals surface area contributed by atoms with Gasteiger partial charge in [-0.3, -0.25) is 9.59 Å². The molecule has 1 amide bonds. The summed E-state index contributed by atoms with van der Waals surface area (Å²) >= 11 is 0. The molecule has 0 bridgehead atoms. The summed E-state index contributed by atoms with van der Waals surface area (Å²) in [5.74, 6) is -0.816. The van der Waals surface area contributed by atoms with Gasteiger partial charge in [0.25, 0.3) is 5.91 Å². The molecule has 0 radical (unpaired) electrons. The molecule has 0 unspecified atom stereocenters. The Labute approximate surface area is 214 Å². The van der Waals surface area contributed by atoms with Gasteiger partial charge in [0.05, 0.1) is 0 Å². The van der Waals surface area contributed by atoms with Crippen LogP contribution >= 0.6 is 0 Å². The van der Waals surface area contributed by atoms with Gasteiger partial charge in [-0.05, 0) is 69.1 Å². The number of allylic oxidation sites excluding steroid dienone is 5. The van der Waals surface area contributed by atoms with Gasteiger partial charge in [0.2, 0.25) is 0 Å². The van der Waals surface area contributed by atoms with Gasteiger partial charge < -0.3 is 25.2 Å². The minimum absolute atomic E-state index is 0.00202. The predicted molar refractivity (Wildman–Crippen MR) is 145 cm³/mol. The number of rotatable bonds is 16. The molecule has 8 heteroatoms. The number of nitrogens with one attached hydrogen (secondary N) is 2. The number of amides is 1. The number of likely N-dealkylation sites (N-methyl/N-ethyl adjacent to an activating group) is 2. The van der Waals surface area contributed by atoms with E-state index in [4.69, 9.17) is 4.74 Å². The van der Waals surface area contributed by atoms with Crippen molar-refractivity contribution in [1.82, 2.24) is 20.4 Å². The average Bonchev–Trinajstić information content (AvgIpc) is 2.84. The molecule has 0 saturated heterocycles. The molecule has 0 heterocycles. The van der Waals surface area contributed by atoms with Crippen molar-refractivity contribution in [2.75, 3.05) is 54.4 Å². The molecule has 1 aromatic rings. The van der Waals surface area contributed by atoms with E-state index in [0.29, 0.717) is 36.3 Å². The highest BCUT2D eigenvalue weighted by molar-refractivity contribution is 5.78. The zero-order valence-corrected chi connectivity index (χ0v) is 22.1. The van der Waals surface area contributed by atoms with E-state index in [2.05, 4.69) is 23.8 Å². The third kappa shape index (κ3) is 10.8. The number of aldehydes is 1. The van der Waals surface area contributed by atoms with Crippen LogP contribution in [-0.2, 0) is 9.59 Å². The Bertz CT molecular complexity index is 1010. The molecule has 0 aliphatic heterocycles. The summed E-state index contributed by atoms with van der Waals surface area (Å²) < 4.78 is 20.1. The van der Waals surface area contributed by atoms with Gasteiger partial charge in [0.1, 0.15) is 6.29 Å². The zero-order chi connectivity index (χ0) is 27.1. The van der Waals surface area contributed by atoms with E-state index in [1.807, 2.05) is 45.1 Å². The fraction of sp³-hybridized carbons (Fsp3) is 0.357. The lowest BCUT2D eigenvalue weighted by Gasteiger charge is -2.20. The maximum Gasteiger partial charge on any atom is 0.260 e. The Morgan fingerprint density at radius 2 is 1.92 bits per heavy atom. The largest absolute Gasteiger partial charge is 0.481 e. The van der Waals surface area contributed by atoms with Crippen LogP contribution in [-0.4, -0.2) is 76.4 Å². The van der Waals surface area contributed by atoms with Crippen LogP contribution in [0, 0.1) is 5.82 Å². The summed E-state index contributed by atoms with van der Waals surface area (Å²) in [6.07, 6.45) is 8.30. The first-order valence-electron chi connectivity index (χ1n) is 11.7. The van der Waals surface area contributed by atoms with Crippen molar-refractivity contribution in [3.8, 4) is 5.75 Å². The first-order valence-corrected chi connectivity index (χ1v) is 11.7. The lowest BCUT2D eigenvalue weighted by atomic mass is 10.0. The third-order valence-corrected chi connectivity index (χ3v) is 5.21. The van der Waals surface area contributed by atoms with E-state index in [0.717, 1.165) is 24.1 Å². The molecule has 0 saturated carbocycles. The van der Waals surface area contributed by atoms with Crippen LogP contribution in [0.1, 0.15) is 18.9 Å². The van der Waals surface area contributed by atoms with E-state index >= 15 is 0 Å². The Hall–Kier alpha value is -3.49. The first-order chi connectivity index (χ1) is 17.1. The number of hydrogen-bond acceptors (Lipinski definition) is 6. The Balaban J connectivity index is 2.93. The maximum atomic E-state index is 14.7. The van der Waals surface area contributed by atoms with E-state index in [-0.39, 0.29) is 18.3 Å². The van der Waals surface area contributed by atoms with Gasteiger partial charge in [0.15, 0.2) is 18.2 Å². The minimum atomic E-state index is -0.585. The fourth-order valence-electron chi connectivity index (χ4n) is 3.02. The number of nitrogens with zero attached hydrogens (tertiary/aromatic N) is 2. The summed E-state index contributed by atoms with van der Waals surface area (Å²) in [5, 5.41) is 6.21. The highest BCUT2D eigenvalue weighted by atomic mass is 19.1. The second-order valence-corrected chi connectivity index (χ2v) is 8.46.